The molecule has 2 atom stereocenters. The van der Waals surface area contributed by atoms with Gasteiger partial charge in [0.25, 0.3) is 10.0 Å². The molecule has 1 aliphatic rings. The van der Waals surface area contributed by atoms with Crippen molar-refractivity contribution in [2.75, 3.05) is 13.7 Å². The molecule has 1 fully saturated rings. The van der Waals surface area contributed by atoms with Gasteiger partial charge in [-0.1, -0.05) is 12.8 Å². The molecule has 2 rings (SSSR count). The number of hydrogen-bond donors (Lipinski definition) is 2. The molecular weight excluding hydrogens is 284 g/mol. The minimum atomic E-state index is -3.51. The van der Waals surface area contributed by atoms with E-state index in [0.29, 0.717) is 12.3 Å². The second-order valence-electron chi connectivity index (χ2n) is 4.78. The normalized spacial score (nSPS) is 24.3. The third-order valence-corrected chi connectivity index (χ3v) is 6.51. The van der Waals surface area contributed by atoms with Gasteiger partial charge in [-0.15, -0.1) is 11.3 Å². The third-order valence-electron chi connectivity index (χ3n) is 3.58. The van der Waals surface area contributed by atoms with Gasteiger partial charge in [-0.25, -0.2) is 13.1 Å². The highest BCUT2D eigenvalue weighted by molar-refractivity contribution is 7.91. The first-order valence-corrected chi connectivity index (χ1v) is 8.78. The minimum absolute atomic E-state index is 0.0597. The summed E-state index contributed by atoms with van der Waals surface area (Å²) in [5, 5.41) is 1.72. The lowest BCUT2D eigenvalue weighted by Gasteiger charge is -2.30. The van der Waals surface area contributed by atoms with Crippen LogP contribution < -0.4 is 15.2 Å². The maximum absolute atomic E-state index is 12.4. The van der Waals surface area contributed by atoms with Crippen molar-refractivity contribution in [3.8, 4) is 5.75 Å². The van der Waals surface area contributed by atoms with Gasteiger partial charge in [0.2, 0.25) is 0 Å². The van der Waals surface area contributed by atoms with Gasteiger partial charge in [-0.3, -0.25) is 0 Å². The minimum Gasteiger partial charge on any atom is -0.494 e. The molecule has 0 radical (unpaired) electrons. The Labute approximate surface area is 118 Å². The zero-order chi connectivity index (χ0) is 13.9. The predicted octanol–water partition coefficient (Wildman–Crippen LogP) is 1.55. The Balaban J connectivity index is 2.16. The molecule has 1 aliphatic carbocycles. The Kier molecular flexibility index (Phi) is 4.83. The van der Waals surface area contributed by atoms with E-state index < -0.39 is 10.0 Å². The van der Waals surface area contributed by atoms with Crippen molar-refractivity contribution < 1.29 is 13.2 Å². The number of ether oxygens (including phenoxy) is 1. The van der Waals surface area contributed by atoms with E-state index in [1.54, 1.807) is 11.4 Å². The largest absolute Gasteiger partial charge is 0.494 e. The fourth-order valence-electron chi connectivity index (χ4n) is 2.53. The summed E-state index contributed by atoms with van der Waals surface area (Å²) in [4.78, 5) is 0. The number of nitrogens with two attached hydrogens (primary N) is 1. The Morgan fingerprint density at radius 1 is 1.47 bits per heavy atom. The molecule has 2 unspecified atom stereocenters. The lowest BCUT2D eigenvalue weighted by molar-refractivity contribution is 0.296. The van der Waals surface area contributed by atoms with Crippen LogP contribution in [-0.4, -0.2) is 28.1 Å². The average molecular weight is 304 g/mol. The number of nitrogens with one attached hydrogen (secondary N) is 1. The average Bonchev–Trinajstić information content (AvgIpc) is 2.88. The van der Waals surface area contributed by atoms with Gasteiger partial charge in [-0.05, 0) is 36.8 Å². The van der Waals surface area contributed by atoms with Crippen LogP contribution in [0.2, 0.25) is 0 Å². The van der Waals surface area contributed by atoms with Crippen LogP contribution in [-0.2, 0) is 10.0 Å². The highest BCUT2D eigenvalue weighted by Crippen LogP contribution is 2.31. The zero-order valence-corrected chi connectivity index (χ0v) is 12.6. The van der Waals surface area contributed by atoms with Gasteiger partial charge < -0.3 is 10.5 Å². The fraction of sp³-hybridized carbons (Fsp3) is 0.667. The molecule has 7 heteroatoms. The van der Waals surface area contributed by atoms with Crippen LogP contribution in [0.25, 0.3) is 0 Å². The van der Waals surface area contributed by atoms with E-state index in [0.717, 1.165) is 25.7 Å². The van der Waals surface area contributed by atoms with E-state index in [2.05, 4.69) is 4.72 Å². The Bertz CT molecular complexity index is 513. The Morgan fingerprint density at radius 3 is 2.89 bits per heavy atom. The van der Waals surface area contributed by atoms with Gasteiger partial charge in [0.15, 0.2) is 4.21 Å². The lowest BCUT2D eigenvalue weighted by Crippen LogP contribution is -2.44. The van der Waals surface area contributed by atoms with Gasteiger partial charge in [-0.2, -0.15) is 0 Å². The van der Waals surface area contributed by atoms with Crippen LogP contribution in [0, 0.1) is 5.92 Å². The summed E-state index contributed by atoms with van der Waals surface area (Å²) in [5.41, 5.74) is 5.73. The summed E-state index contributed by atoms with van der Waals surface area (Å²) < 4.78 is 32.9. The van der Waals surface area contributed by atoms with Crippen LogP contribution in [0.15, 0.2) is 15.7 Å². The molecule has 0 bridgehead atoms. The van der Waals surface area contributed by atoms with Gasteiger partial charge in [0.05, 0.1) is 7.11 Å². The number of thiophene rings is 1. The maximum Gasteiger partial charge on any atom is 0.254 e. The fourth-order valence-corrected chi connectivity index (χ4v) is 5.16. The highest BCUT2D eigenvalue weighted by atomic mass is 32.2. The van der Waals surface area contributed by atoms with Crippen LogP contribution in [0.1, 0.15) is 25.7 Å². The number of sulfonamides is 1. The monoisotopic (exact) mass is 304 g/mol. The standard InChI is InChI=1S/C12H20N2O3S2/c1-17-11-6-7-18-12(11)19(15,16)14-10-5-3-2-4-9(10)8-13/h6-7,9-10,14H,2-5,8,13H2,1H3. The van der Waals surface area contributed by atoms with Crippen molar-refractivity contribution in [3.63, 3.8) is 0 Å². The van der Waals surface area contributed by atoms with E-state index >= 15 is 0 Å². The first-order valence-electron chi connectivity index (χ1n) is 6.42. The molecule has 1 saturated carbocycles. The summed E-state index contributed by atoms with van der Waals surface area (Å²) in [7, 11) is -2.04. The molecule has 0 saturated heterocycles. The van der Waals surface area contributed by atoms with E-state index in [4.69, 9.17) is 10.5 Å². The summed E-state index contributed by atoms with van der Waals surface area (Å²) in [6.45, 7) is 0.523. The summed E-state index contributed by atoms with van der Waals surface area (Å²) in [6, 6.07) is 1.61. The second-order valence-corrected chi connectivity index (χ2v) is 7.61. The molecule has 1 aromatic rings. The van der Waals surface area contributed by atoms with Gasteiger partial charge in [0.1, 0.15) is 5.75 Å². The molecule has 0 spiro atoms. The topological polar surface area (TPSA) is 81.4 Å². The van der Waals surface area contributed by atoms with Crippen molar-refractivity contribution in [2.24, 2.45) is 11.7 Å². The van der Waals surface area contributed by atoms with Gasteiger partial charge in [0, 0.05) is 6.04 Å². The lowest BCUT2D eigenvalue weighted by atomic mass is 9.85. The molecule has 0 aromatic carbocycles. The third kappa shape index (κ3) is 3.28. The van der Waals surface area contributed by atoms with Crippen LogP contribution >= 0.6 is 11.3 Å². The highest BCUT2D eigenvalue weighted by Gasteiger charge is 2.30. The maximum atomic E-state index is 12.4. The molecular formula is C12H20N2O3S2. The van der Waals surface area contributed by atoms with E-state index in [1.807, 2.05) is 0 Å². The van der Waals surface area contributed by atoms with Crippen molar-refractivity contribution in [3.05, 3.63) is 11.4 Å². The van der Waals surface area contributed by atoms with Crippen molar-refractivity contribution in [2.45, 2.75) is 35.9 Å². The molecule has 1 heterocycles. The number of rotatable bonds is 5. The summed E-state index contributed by atoms with van der Waals surface area (Å²) in [6.07, 6.45) is 4.02. The second kappa shape index (κ2) is 6.21. The molecule has 0 aliphatic heterocycles. The number of methoxy groups -OCH3 is 1. The van der Waals surface area contributed by atoms with Crippen molar-refractivity contribution >= 4 is 21.4 Å². The predicted molar refractivity (Wildman–Crippen MR) is 76.0 cm³/mol. The SMILES string of the molecule is COc1ccsc1S(=O)(=O)NC1CCCCC1CN. The van der Waals surface area contributed by atoms with E-state index in [1.165, 1.54) is 18.4 Å². The van der Waals surface area contributed by atoms with Crippen LogP contribution in [0.3, 0.4) is 0 Å². The smallest absolute Gasteiger partial charge is 0.254 e. The van der Waals surface area contributed by atoms with E-state index in [-0.39, 0.29) is 16.2 Å². The molecule has 0 amide bonds. The Morgan fingerprint density at radius 2 is 2.21 bits per heavy atom. The van der Waals surface area contributed by atoms with E-state index in [9.17, 15) is 8.42 Å². The first-order chi connectivity index (χ1) is 9.08. The van der Waals surface area contributed by atoms with Gasteiger partial charge >= 0.3 is 0 Å². The van der Waals surface area contributed by atoms with Crippen LogP contribution in [0.5, 0.6) is 5.75 Å². The van der Waals surface area contributed by atoms with Crippen molar-refractivity contribution in [1.82, 2.24) is 4.72 Å². The molecule has 19 heavy (non-hydrogen) atoms. The summed E-state index contributed by atoms with van der Waals surface area (Å²) >= 11 is 1.17. The quantitative estimate of drug-likeness (QED) is 0.865. The molecule has 1 aromatic heterocycles. The summed E-state index contributed by atoms with van der Waals surface area (Å²) in [5.74, 6) is 0.632. The zero-order valence-electron chi connectivity index (χ0n) is 11.0. The van der Waals surface area contributed by atoms with Crippen LogP contribution in [0.4, 0.5) is 0 Å². The Hall–Kier alpha value is -0.630. The van der Waals surface area contributed by atoms with Crippen molar-refractivity contribution in [1.29, 1.82) is 0 Å². The molecule has 108 valence electrons. The molecule has 3 N–H and O–H groups in total. The molecule has 5 nitrogen and oxygen atoms in total. The number of hydrogen-bond acceptors (Lipinski definition) is 5. The first kappa shape index (κ1) is 14.8.